The number of rotatable bonds is 2. The number of hydrogen-bond acceptors (Lipinski definition) is 1. The first-order valence-electron chi connectivity index (χ1n) is 7.35. The molecule has 1 amide bonds. The minimum absolute atomic E-state index is 0.0201. The number of carbonyl (C=O) groups excluding carboxylic acids is 1. The van der Waals surface area contributed by atoms with Gasteiger partial charge in [0.2, 0.25) is 5.91 Å². The predicted octanol–water partition coefficient (Wildman–Crippen LogP) is 4.11. The van der Waals surface area contributed by atoms with Crippen molar-refractivity contribution in [2.24, 2.45) is 5.92 Å². The number of piperidine rings is 1. The summed E-state index contributed by atoms with van der Waals surface area (Å²) in [5.41, 5.74) is 1.74. The van der Waals surface area contributed by atoms with Crippen molar-refractivity contribution in [3.8, 4) is 0 Å². The molecule has 4 heteroatoms. The van der Waals surface area contributed by atoms with Crippen molar-refractivity contribution in [1.82, 2.24) is 5.32 Å². The summed E-state index contributed by atoms with van der Waals surface area (Å²) in [5.74, 6) is -0.495. The highest BCUT2D eigenvalue weighted by atomic mass is 35.5. The largest absolute Gasteiger partial charge is 0.355 e. The first-order valence-corrected chi connectivity index (χ1v) is 7.73. The Morgan fingerprint density at radius 2 is 1.95 bits per heavy atom. The summed E-state index contributed by atoms with van der Waals surface area (Å²) >= 11 is 6.27. The van der Waals surface area contributed by atoms with Gasteiger partial charge in [-0.05, 0) is 35.2 Å². The van der Waals surface area contributed by atoms with Gasteiger partial charge < -0.3 is 5.32 Å². The maximum atomic E-state index is 13.5. The molecule has 1 N–H and O–H groups in total. The van der Waals surface area contributed by atoms with Crippen LogP contribution in [0.5, 0.6) is 0 Å². The van der Waals surface area contributed by atoms with E-state index in [9.17, 15) is 9.18 Å². The molecule has 2 nitrogen and oxygen atoms in total. The number of amides is 1. The summed E-state index contributed by atoms with van der Waals surface area (Å²) in [6, 6.07) is 14.0. The Balaban J connectivity index is 1.97. The molecule has 2 aromatic rings. The summed E-state index contributed by atoms with van der Waals surface area (Å²) < 4.78 is 13.5. The highest BCUT2D eigenvalue weighted by Crippen LogP contribution is 2.40. The lowest BCUT2D eigenvalue weighted by molar-refractivity contribution is -0.125. The van der Waals surface area contributed by atoms with E-state index in [4.69, 9.17) is 11.6 Å². The molecule has 114 valence electrons. The van der Waals surface area contributed by atoms with E-state index in [1.807, 2.05) is 31.2 Å². The fourth-order valence-electron chi connectivity index (χ4n) is 3.29. The normalized spacial score (nSPS) is 24.9. The zero-order valence-electron chi connectivity index (χ0n) is 12.2. The van der Waals surface area contributed by atoms with E-state index in [2.05, 4.69) is 5.32 Å². The molecule has 0 bridgehead atoms. The number of nitrogens with one attached hydrogen (secondary N) is 1. The van der Waals surface area contributed by atoms with E-state index < -0.39 is 0 Å². The minimum Gasteiger partial charge on any atom is -0.355 e. The summed E-state index contributed by atoms with van der Waals surface area (Å²) in [4.78, 5) is 12.4. The van der Waals surface area contributed by atoms with E-state index >= 15 is 0 Å². The maximum Gasteiger partial charge on any atom is 0.227 e. The van der Waals surface area contributed by atoms with Gasteiger partial charge in [-0.25, -0.2) is 4.39 Å². The average Bonchev–Trinajstić information content (AvgIpc) is 2.49. The van der Waals surface area contributed by atoms with E-state index in [0.29, 0.717) is 11.6 Å². The second-order valence-corrected chi connectivity index (χ2v) is 6.17. The molecular formula is C18H17ClFNO. The third kappa shape index (κ3) is 2.73. The second kappa shape index (κ2) is 6.09. The standard InChI is InChI=1S/C18H17ClFNO/c1-11-15(12-5-4-6-13(20)9-12)10-21-18(22)17(11)14-7-2-3-8-16(14)19/h2-9,11,15,17H,10H2,1H3,(H,21,22). The Kier molecular flexibility index (Phi) is 4.16. The maximum absolute atomic E-state index is 13.5. The van der Waals surface area contributed by atoms with Crippen molar-refractivity contribution in [2.75, 3.05) is 6.54 Å². The molecule has 1 heterocycles. The molecule has 3 rings (SSSR count). The molecular weight excluding hydrogens is 301 g/mol. The SMILES string of the molecule is CC1C(c2cccc(F)c2)CNC(=O)C1c1ccccc1Cl. The zero-order valence-corrected chi connectivity index (χ0v) is 13.0. The van der Waals surface area contributed by atoms with Crippen LogP contribution in [0.4, 0.5) is 4.39 Å². The van der Waals surface area contributed by atoms with Gasteiger partial charge >= 0.3 is 0 Å². The van der Waals surface area contributed by atoms with Crippen LogP contribution >= 0.6 is 11.6 Å². The predicted molar refractivity (Wildman–Crippen MR) is 85.5 cm³/mol. The fourth-order valence-corrected chi connectivity index (χ4v) is 3.54. The Morgan fingerprint density at radius 3 is 2.68 bits per heavy atom. The number of hydrogen-bond donors (Lipinski definition) is 1. The molecule has 1 aliphatic rings. The lowest BCUT2D eigenvalue weighted by Crippen LogP contribution is -2.44. The van der Waals surface area contributed by atoms with Gasteiger partial charge in [0.1, 0.15) is 5.82 Å². The van der Waals surface area contributed by atoms with Crippen LogP contribution in [0.25, 0.3) is 0 Å². The fraction of sp³-hybridized carbons (Fsp3) is 0.278. The van der Waals surface area contributed by atoms with E-state index in [-0.39, 0.29) is 29.5 Å². The van der Waals surface area contributed by atoms with Crippen molar-refractivity contribution < 1.29 is 9.18 Å². The molecule has 3 atom stereocenters. The van der Waals surface area contributed by atoms with Crippen LogP contribution in [0.3, 0.4) is 0 Å². The lowest BCUT2D eigenvalue weighted by Gasteiger charge is -2.36. The van der Waals surface area contributed by atoms with Crippen molar-refractivity contribution in [2.45, 2.75) is 18.8 Å². The van der Waals surface area contributed by atoms with Crippen LogP contribution in [0.15, 0.2) is 48.5 Å². The molecule has 0 aliphatic carbocycles. The Hall–Kier alpha value is -1.87. The van der Waals surface area contributed by atoms with Crippen molar-refractivity contribution in [1.29, 1.82) is 0 Å². The number of carbonyl (C=O) groups is 1. The Morgan fingerprint density at radius 1 is 1.18 bits per heavy atom. The van der Waals surface area contributed by atoms with Crippen molar-refractivity contribution >= 4 is 17.5 Å². The third-order valence-electron chi connectivity index (χ3n) is 4.46. The Labute approximate surface area is 134 Å². The first-order chi connectivity index (χ1) is 10.6. The molecule has 0 saturated carbocycles. The van der Waals surface area contributed by atoms with E-state index in [1.54, 1.807) is 18.2 Å². The second-order valence-electron chi connectivity index (χ2n) is 5.76. The Bertz CT molecular complexity index is 703. The van der Waals surface area contributed by atoms with Crippen LogP contribution in [-0.4, -0.2) is 12.5 Å². The number of halogens is 2. The summed E-state index contributed by atoms with van der Waals surface area (Å²) in [5, 5.41) is 3.53. The summed E-state index contributed by atoms with van der Waals surface area (Å²) in [6.45, 7) is 2.55. The highest BCUT2D eigenvalue weighted by Gasteiger charge is 2.38. The summed E-state index contributed by atoms with van der Waals surface area (Å²) in [6.07, 6.45) is 0. The van der Waals surface area contributed by atoms with Crippen molar-refractivity contribution in [3.63, 3.8) is 0 Å². The van der Waals surface area contributed by atoms with Gasteiger partial charge in [0, 0.05) is 17.5 Å². The van der Waals surface area contributed by atoms with E-state index in [1.165, 1.54) is 6.07 Å². The molecule has 1 saturated heterocycles. The van der Waals surface area contributed by atoms with Gasteiger partial charge in [0.05, 0.1) is 5.92 Å². The van der Waals surface area contributed by atoms with Crippen LogP contribution in [0.1, 0.15) is 29.9 Å². The molecule has 1 aliphatic heterocycles. The monoisotopic (exact) mass is 317 g/mol. The van der Waals surface area contributed by atoms with Crippen LogP contribution in [-0.2, 0) is 4.79 Å². The first kappa shape index (κ1) is 15.0. The highest BCUT2D eigenvalue weighted by molar-refractivity contribution is 6.31. The van der Waals surface area contributed by atoms with Gasteiger partial charge in [0.25, 0.3) is 0 Å². The average molecular weight is 318 g/mol. The van der Waals surface area contributed by atoms with Crippen molar-refractivity contribution in [3.05, 3.63) is 70.5 Å². The van der Waals surface area contributed by atoms with E-state index in [0.717, 1.165) is 11.1 Å². The molecule has 3 unspecified atom stereocenters. The van der Waals surface area contributed by atoms with Gasteiger partial charge in [0.15, 0.2) is 0 Å². The van der Waals surface area contributed by atoms with Gasteiger partial charge in [-0.3, -0.25) is 4.79 Å². The summed E-state index contributed by atoms with van der Waals surface area (Å²) in [7, 11) is 0. The molecule has 0 radical (unpaired) electrons. The van der Waals surface area contributed by atoms with Crippen LogP contribution in [0, 0.1) is 11.7 Å². The van der Waals surface area contributed by atoms with Gasteiger partial charge in [-0.1, -0.05) is 48.9 Å². The molecule has 0 aromatic heterocycles. The smallest absolute Gasteiger partial charge is 0.227 e. The molecule has 22 heavy (non-hydrogen) atoms. The minimum atomic E-state index is -0.323. The quantitative estimate of drug-likeness (QED) is 0.887. The van der Waals surface area contributed by atoms with Gasteiger partial charge in [-0.2, -0.15) is 0 Å². The molecule has 2 aromatic carbocycles. The van der Waals surface area contributed by atoms with Crippen LogP contribution in [0.2, 0.25) is 5.02 Å². The van der Waals surface area contributed by atoms with Crippen LogP contribution < -0.4 is 5.32 Å². The lowest BCUT2D eigenvalue weighted by atomic mass is 9.73. The third-order valence-corrected chi connectivity index (χ3v) is 4.80. The topological polar surface area (TPSA) is 29.1 Å². The molecule has 0 spiro atoms. The zero-order chi connectivity index (χ0) is 15.7. The van der Waals surface area contributed by atoms with Gasteiger partial charge in [-0.15, -0.1) is 0 Å². The number of benzene rings is 2. The molecule has 1 fully saturated rings.